The van der Waals surface area contributed by atoms with Crippen LogP contribution in [-0.2, 0) is 16.0 Å². The lowest BCUT2D eigenvalue weighted by Crippen LogP contribution is -2.38. The van der Waals surface area contributed by atoms with Crippen molar-refractivity contribution in [2.24, 2.45) is 0 Å². The van der Waals surface area contributed by atoms with Crippen LogP contribution in [0.4, 0.5) is 0 Å². The largest absolute Gasteiger partial charge is 0.481 e. The summed E-state index contributed by atoms with van der Waals surface area (Å²) in [7, 11) is 0. The number of carbonyl (C=O) groups is 1. The zero-order valence-electron chi connectivity index (χ0n) is 12.9. The van der Waals surface area contributed by atoms with Crippen molar-refractivity contribution in [3.63, 3.8) is 0 Å². The van der Waals surface area contributed by atoms with Gasteiger partial charge in [0.05, 0.1) is 12.5 Å². The molecule has 0 radical (unpaired) electrons. The lowest BCUT2D eigenvalue weighted by molar-refractivity contribution is -0.137. The standard InChI is InChI=1S/C17H25NO3/c1-12-5-6-14(8-13(12)2)9-15(10-17(19)20)18-11-16-4-3-7-21-16/h5-6,8,15-16,18H,3-4,7,9-11H2,1-2H3,(H,19,20). The minimum atomic E-state index is -0.760. The van der Waals surface area contributed by atoms with Crippen molar-refractivity contribution in [2.75, 3.05) is 13.2 Å². The molecule has 1 heterocycles. The summed E-state index contributed by atoms with van der Waals surface area (Å²) >= 11 is 0. The maximum atomic E-state index is 11.0. The lowest BCUT2D eigenvalue weighted by Gasteiger charge is -2.20. The van der Waals surface area contributed by atoms with E-state index in [-0.39, 0.29) is 18.6 Å². The van der Waals surface area contributed by atoms with Crippen LogP contribution in [-0.4, -0.2) is 36.4 Å². The van der Waals surface area contributed by atoms with Crippen LogP contribution < -0.4 is 5.32 Å². The predicted octanol–water partition coefficient (Wildman–Crippen LogP) is 2.46. The maximum absolute atomic E-state index is 11.0. The van der Waals surface area contributed by atoms with Gasteiger partial charge in [0.25, 0.3) is 0 Å². The molecule has 1 fully saturated rings. The van der Waals surface area contributed by atoms with E-state index in [0.29, 0.717) is 0 Å². The maximum Gasteiger partial charge on any atom is 0.304 e. The smallest absolute Gasteiger partial charge is 0.304 e. The molecule has 0 aliphatic carbocycles. The first-order chi connectivity index (χ1) is 10.0. The number of nitrogens with one attached hydrogen (secondary N) is 1. The van der Waals surface area contributed by atoms with Crippen LogP contribution in [0.2, 0.25) is 0 Å². The molecule has 1 aliphatic rings. The van der Waals surface area contributed by atoms with Crippen LogP contribution in [0.1, 0.15) is 36.0 Å². The third kappa shape index (κ3) is 5.14. The van der Waals surface area contributed by atoms with Gasteiger partial charge in [-0.15, -0.1) is 0 Å². The highest BCUT2D eigenvalue weighted by molar-refractivity contribution is 5.67. The molecule has 1 aromatic carbocycles. The molecule has 116 valence electrons. The number of ether oxygens (including phenoxy) is 1. The van der Waals surface area contributed by atoms with E-state index in [2.05, 4.69) is 37.4 Å². The van der Waals surface area contributed by atoms with Crippen LogP contribution in [0.5, 0.6) is 0 Å². The van der Waals surface area contributed by atoms with E-state index < -0.39 is 5.97 Å². The zero-order chi connectivity index (χ0) is 15.2. The second-order valence-corrected chi connectivity index (χ2v) is 5.96. The van der Waals surface area contributed by atoms with E-state index in [1.54, 1.807) is 0 Å². The zero-order valence-corrected chi connectivity index (χ0v) is 12.9. The van der Waals surface area contributed by atoms with Crippen molar-refractivity contribution in [3.8, 4) is 0 Å². The predicted molar refractivity (Wildman–Crippen MR) is 82.6 cm³/mol. The van der Waals surface area contributed by atoms with Gasteiger partial charge in [0.1, 0.15) is 0 Å². The molecule has 0 bridgehead atoms. The van der Waals surface area contributed by atoms with Gasteiger partial charge in [-0.25, -0.2) is 0 Å². The highest BCUT2D eigenvalue weighted by atomic mass is 16.5. The normalized spacial score (nSPS) is 19.6. The summed E-state index contributed by atoms with van der Waals surface area (Å²) in [5, 5.41) is 12.5. The third-order valence-corrected chi connectivity index (χ3v) is 4.13. The molecular weight excluding hydrogens is 266 g/mol. The fraction of sp³-hybridized carbons (Fsp3) is 0.588. The van der Waals surface area contributed by atoms with Gasteiger partial charge in [-0.1, -0.05) is 18.2 Å². The highest BCUT2D eigenvalue weighted by Gasteiger charge is 2.19. The van der Waals surface area contributed by atoms with E-state index in [4.69, 9.17) is 9.84 Å². The number of hydrogen-bond acceptors (Lipinski definition) is 3. The Balaban J connectivity index is 1.94. The van der Waals surface area contributed by atoms with Gasteiger partial charge in [0.2, 0.25) is 0 Å². The van der Waals surface area contributed by atoms with Crippen LogP contribution in [0.15, 0.2) is 18.2 Å². The minimum Gasteiger partial charge on any atom is -0.481 e. The number of carboxylic acid groups (broad SMARTS) is 1. The Bertz CT molecular complexity index is 481. The van der Waals surface area contributed by atoms with Crippen molar-refractivity contribution >= 4 is 5.97 Å². The number of hydrogen-bond donors (Lipinski definition) is 2. The summed E-state index contributed by atoms with van der Waals surface area (Å²) in [6.07, 6.45) is 3.28. The molecule has 2 unspecified atom stereocenters. The Morgan fingerprint density at radius 3 is 2.86 bits per heavy atom. The number of carboxylic acids is 1. The van der Waals surface area contributed by atoms with Gasteiger partial charge in [-0.05, 0) is 49.8 Å². The molecule has 2 N–H and O–H groups in total. The van der Waals surface area contributed by atoms with Crippen molar-refractivity contribution in [2.45, 2.75) is 51.7 Å². The van der Waals surface area contributed by atoms with E-state index in [9.17, 15) is 4.79 Å². The van der Waals surface area contributed by atoms with E-state index in [1.807, 2.05) is 0 Å². The highest BCUT2D eigenvalue weighted by Crippen LogP contribution is 2.14. The fourth-order valence-corrected chi connectivity index (χ4v) is 2.75. The quantitative estimate of drug-likeness (QED) is 0.810. The Hall–Kier alpha value is -1.39. The molecule has 0 spiro atoms. The Morgan fingerprint density at radius 1 is 1.43 bits per heavy atom. The molecule has 1 aromatic rings. The van der Waals surface area contributed by atoms with Crippen LogP contribution in [0.25, 0.3) is 0 Å². The first-order valence-electron chi connectivity index (χ1n) is 7.67. The molecule has 1 aliphatic heterocycles. The van der Waals surface area contributed by atoms with Gasteiger partial charge in [0, 0.05) is 19.2 Å². The van der Waals surface area contributed by atoms with Crippen molar-refractivity contribution in [1.29, 1.82) is 0 Å². The molecule has 21 heavy (non-hydrogen) atoms. The van der Waals surface area contributed by atoms with Gasteiger partial charge < -0.3 is 15.2 Å². The summed E-state index contributed by atoms with van der Waals surface area (Å²) in [5.74, 6) is -0.760. The summed E-state index contributed by atoms with van der Waals surface area (Å²) in [6.45, 7) is 5.74. The average Bonchev–Trinajstić information content (AvgIpc) is 2.93. The monoisotopic (exact) mass is 291 g/mol. The molecule has 4 nitrogen and oxygen atoms in total. The summed E-state index contributed by atoms with van der Waals surface area (Å²) < 4.78 is 5.58. The van der Waals surface area contributed by atoms with Gasteiger partial charge in [-0.3, -0.25) is 4.79 Å². The van der Waals surface area contributed by atoms with Crippen LogP contribution in [0.3, 0.4) is 0 Å². The lowest BCUT2D eigenvalue weighted by atomic mass is 9.99. The third-order valence-electron chi connectivity index (χ3n) is 4.13. The van der Waals surface area contributed by atoms with Crippen molar-refractivity contribution in [1.82, 2.24) is 5.32 Å². The number of rotatable bonds is 7. The molecule has 0 amide bonds. The SMILES string of the molecule is Cc1ccc(CC(CC(=O)O)NCC2CCCO2)cc1C. The van der Waals surface area contributed by atoms with Gasteiger partial charge >= 0.3 is 5.97 Å². The number of benzene rings is 1. The molecular formula is C17H25NO3. The Labute approximate surface area is 126 Å². The first-order valence-corrected chi connectivity index (χ1v) is 7.67. The summed E-state index contributed by atoms with van der Waals surface area (Å²) in [6, 6.07) is 6.29. The van der Waals surface area contributed by atoms with Crippen LogP contribution in [0, 0.1) is 13.8 Å². The van der Waals surface area contributed by atoms with Gasteiger partial charge in [-0.2, -0.15) is 0 Å². The molecule has 4 heteroatoms. The van der Waals surface area contributed by atoms with Gasteiger partial charge in [0.15, 0.2) is 0 Å². The second kappa shape index (κ2) is 7.57. The molecule has 0 saturated carbocycles. The Kier molecular flexibility index (Phi) is 5.76. The van der Waals surface area contributed by atoms with E-state index in [1.165, 1.54) is 16.7 Å². The van der Waals surface area contributed by atoms with E-state index in [0.717, 1.165) is 32.4 Å². The topological polar surface area (TPSA) is 58.6 Å². The molecule has 2 rings (SSSR count). The number of aryl methyl sites for hydroxylation is 2. The number of aliphatic carboxylic acids is 1. The fourth-order valence-electron chi connectivity index (χ4n) is 2.75. The molecule has 1 saturated heterocycles. The minimum absolute atomic E-state index is 0.0474. The summed E-state index contributed by atoms with van der Waals surface area (Å²) in [4.78, 5) is 11.0. The van der Waals surface area contributed by atoms with Crippen molar-refractivity contribution < 1.29 is 14.6 Å². The first kappa shape index (κ1) is 16.0. The average molecular weight is 291 g/mol. The summed E-state index contributed by atoms with van der Waals surface area (Å²) in [5.41, 5.74) is 3.70. The molecule has 2 atom stereocenters. The second-order valence-electron chi connectivity index (χ2n) is 5.96. The molecule has 0 aromatic heterocycles. The van der Waals surface area contributed by atoms with Crippen LogP contribution >= 0.6 is 0 Å². The van der Waals surface area contributed by atoms with E-state index >= 15 is 0 Å². The Morgan fingerprint density at radius 2 is 2.24 bits per heavy atom. The van der Waals surface area contributed by atoms with Crippen molar-refractivity contribution in [3.05, 3.63) is 34.9 Å².